The van der Waals surface area contributed by atoms with E-state index < -0.39 is 11.3 Å². The lowest BCUT2D eigenvalue weighted by Crippen LogP contribution is -2.49. The molecule has 2 rings (SSSR count). The van der Waals surface area contributed by atoms with Crippen LogP contribution in [0.1, 0.15) is 6.92 Å². The van der Waals surface area contributed by atoms with E-state index in [-0.39, 0.29) is 11.8 Å². The highest BCUT2D eigenvalue weighted by Gasteiger charge is 2.77. The summed E-state index contributed by atoms with van der Waals surface area (Å²) < 4.78 is 11.4. The minimum atomic E-state index is -0.942. The molecule has 2 saturated heterocycles. The molecule has 2 aliphatic rings. The SMILES string of the molecule is C#CC12OCC(C=C)C1([N+]#C)OCC2C. The van der Waals surface area contributed by atoms with Crippen molar-refractivity contribution in [2.24, 2.45) is 11.8 Å². The predicted octanol–water partition coefficient (Wildman–Crippen LogP) is 1.52. The molecular weight excluding hydrogens is 190 g/mol. The average Bonchev–Trinajstić information content (AvgIpc) is 2.73. The molecule has 78 valence electrons. The maximum absolute atomic E-state index is 5.72. The first-order valence-electron chi connectivity index (χ1n) is 4.97. The molecule has 2 aliphatic heterocycles. The molecule has 3 nitrogen and oxygen atoms in total. The van der Waals surface area contributed by atoms with E-state index in [2.05, 4.69) is 17.3 Å². The van der Waals surface area contributed by atoms with Gasteiger partial charge >= 0.3 is 5.72 Å². The highest BCUT2D eigenvalue weighted by molar-refractivity contribution is 5.33. The zero-order chi connectivity index (χ0) is 11.1. The van der Waals surface area contributed by atoms with Crippen LogP contribution < -0.4 is 0 Å². The molecule has 15 heavy (non-hydrogen) atoms. The third-order valence-corrected chi connectivity index (χ3v) is 3.46. The molecular formula is C12H14NO2+. The molecule has 0 saturated carbocycles. The number of nitrogens with zero attached hydrogens (tertiary/aromatic N) is 1. The van der Waals surface area contributed by atoms with E-state index in [1.54, 1.807) is 6.08 Å². The maximum Gasteiger partial charge on any atom is 0.433 e. The lowest BCUT2D eigenvalue weighted by molar-refractivity contribution is -0.0357. The molecule has 4 unspecified atom stereocenters. The van der Waals surface area contributed by atoms with Crippen LogP contribution in [0.4, 0.5) is 0 Å². The van der Waals surface area contributed by atoms with Crippen molar-refractivity contribution in [3.05, 3.63) is 17.5 Å². The summed E-state index contributed by atoms with van der Waals surface area (Å²) in [6.07, 6.45) is 7.32. The number of rotatable bonds is 1. The minimum Gasteiger partial charge on any atom is -0.351 e. The Hall–Kier alpha value is -1.29. The smallest absolute Gasteiger partial charge is 0.351 e. The quantitative estimate of drug-likeness (QED) is 0.477. The molecule has 0 amide bonds. The standard InChI is InChI=1S/C12H14NO2/c1-5-10-8-14-11(6-2)9(3)7-15-12(10,11)13-4/h2,4-5,9-10H,1,7-8H2,3H3/q+1. The van der Waals surface area contributed by atoms with E-state index in [9.17, 15) is 0 Å². The van der Waals surface area contributed by atoms with Gasteiger partial charge < -0.3 is 9.47 Å². The van der Waals surface area contributed by atoms with Crippen LogP contribution in [0, 0.1) is 30.8 Å². The molecule has 2 heterocycles. The van der Waals surface area contributed by atoms with E-state index >= 15 is 0 Å². The lowest BCUT2D eigenvalue weighted by atomic mass is 9.79. The van der Waals surface area contributed by atoms with Gasteiger partial charge in [0.1, 0.15) is 5.92 Å². The fourth-order valence-corrected chi connectivity index (χ4v) is 2.54. The van der Waals surface area contributed by atoms with Crippen LogP contribution in [0.3, 0.4) is 0 Å². The van der Waals surface area contributed by atoms with Gasteiger partial charge in [-0.15, -0.1) is 13.0 Å². The fourth-order valence-electron chi connectivity index (χ4n) is 2.54. The van der Waals surface area contributed by atoms with Crippen molar-refractivity contribution in [1.29, 1.82) is 0 Å². The minimum absolute atomic E-state index is 0.0801. The van der Waals surface area contributed by atoms with Gasteiger partial charge in [0.15, 0.2) is 0 Å². The first-order chi connectivity index (χ1) is 7.16. The van der Waals surface area contributed by atoms with Crippen LogP contribution in [0.25, 0.3) is 4.85 Å². The van der Waals surface area contributed by atoms with Gasteiger partial charge in [-0.2, -0.15) is 0 Å². The van der Waals surface area contributed by atoms with E-state index in [1.807, 2.05) is 6.92 Å². The zero-order valence-corrected chi connectivity index (χ0v) is 8.77. The molecule has 3 heteroatoms. The molecule has 0 aliphatic carbocycles. The summed E-state index contributed by atoms with van der Waals surface area (Å²) in [6.45, 7) is 12.2. The topological polar surface area (TPSA) is 22.8 Å². The summed E-state index contributed by atoms with van der Waals surface area (Å²) in [6, 6.07) is 0. The van der Waals surface area contributed by atoms with E-state index in [0.29, 0.717) is 13.2 Å². The van der Waals surface area contributed by atoms with Crippen molar-refractivity contribution in [3.8, 4) is 18.9 Å². The average molecular weight is 204 g/mol. The number of terminal acetylenes is 1. The number of hydrogen-bond acceptors (Lipinski definition) is 2. The van der Waals surface area contributed by atoms with Crippen LogP contribution in [-0.2, 0) is 9.47 Å². The number of fused-ring (bicyclic) bond motifs is 1. The second kappa shape index (κ2) is 3.10. The van der Waals surface area contributed by atoms with Gasteiger partial charge in [0.05, 0.1) is 13.2 Å². The Balaban J connectivity index is 2.56. The van der Waals surface area contributed by atoms with Crippen LogP contribution in [0.5, 0.6) is 0 Å². The van der Waals surface area contributed by atoms with E-state index in [0.717, 1.165) is 0 Å². The Morgan fingerprint density at radius 1 is 1.53 bits per heavy atom. The van der Waals surface area contributed by atoms with Crippen LogP contribution in [-0.4, -0.2) is 24.5 Å². The maximum atomic E-state index is 5.72. The summed E-state index contributed by atoms with van der Waals surface area (Å²) in [5.74, 6) is 2.68. The van der Waals surface area contributed by atoms with Crippen molar-refractivity contribution in [2.75, 3.05) is 13.2 Å². The number of hydrogen-bond donors (Lipinski definition) is 0. The Bertz CT molecular complexity index is 378. The van der Waals surface area contributed by atoms with Crippen LogP contribution in [0.15, 0.2) is 12.7 Å². The first-order valence-corrected chi connectivity index (χ1v) is 4.97. The highest BCUT2D eigenvalue weighted by Crippen LogP contribution is 2.53. The number of ether oxygens (including phenoxy) is 2. The van der Waals surface area contributed by atoms with Gasteiger partial charge in [-0.3, -0.25) is 0 Å². The Morgan fingerprint density at radius 2 is 2.27 bits per heavy atom. The highest BCUT2D eigenvalue weighted by atomic mass is 16.6. The molecule has 0 N–H and O–H groups in total. The van der Waals surface area contributed by atoms with Gasteiger partial charge in [-0.1, -0.05) is 18.9 Å². The molecule has 4 atom stereocenters. The first kappa shape index (κ1) is 10.2. The van der Waals surface area contributed by atoms with Crippen molar-refractivity contribution in [1.82, 2.24) is 0 Å². The molecule has 0 radical (unpaired) electrons. The molecule has 0 bridgehead atoms. The summed E-state index contributed by atoms with van der Waals surface area (Å²) in [5, 5.41) is 0. The summed E-state index contributed by atoms with van der Waals surface area (Å²) in [7, 11) is 0. The second-order valence-corrected chi connectivity index (χ2v) is 4.07. The van der Waals surface area contributed by atoms with Gasteiger partial charge in [-0.25, -0.2) is 0 Å². The molecule has 0 aromatic rings. The largest absolute Gasteiger partial charge is 0.433 e. The summed E-state index contributed by atoms with van der Waals surface area (Å²) >= 11 is 0. The lowest BCUT2D eigenvalue weighted by Gasteiger charge is -2.24. The summed E-state index contributed by atoms with van der Waals surface area (Å²) in [4.78, 5) is 3.87. The van der Waals surface area contributed by atoms with E-state index in [1.165, 1.54) is 0 Å². The predicted molar refractivity (Wildman–Crippen MR) is 57.4 cm³/mol. The molecule has 0 aromatic carbocycles. The van der Waals surface area contributed by atoms with Gasteiger partial charge in [0, 0.05) is 5.92 Å². The zero-order valence-electron chi connectivity index (χ0n) is 8.77. The van der Waals surface area contributed by atoms with E-state index in [4.69, 9.17) is 22.5 Å². The van der Waals surface area contributed by atoms with Gasteiger partial charge in [0.25, 0.3) is 6.57 Å². The Kier molecular flexibility index (Phi) is 2.12. The monoisotopic (exact) mass is 204 g/mol. The third-order valence-electron chi connectivity index (χ3n) is 3.46. The normalized spacial score (nSPS) is 47.9. The van der Waals surface area contributed by atoms with Crippen molar-refractivity contribution < 1.29 is 9.47 Å². The van der Waals surface area contributed by atoms with Crippen molar-refractivity contribution in [2.45, 2.75) is 18.2 Å². The Labute approximate surface area is 89.9 Å². The molecule has 0 aromatic heterocycles. The Morgan fingerprint density at radius 3 is 2.80 bits per heavy atom. The summed E-state index contributed by atoms with van der Waals surface area (Å²) in [5.41, 5.74) is -1.77. The second-order valence-electron chi connectivity index (χ2n) is 4.07. The van der Waals surface area contributed by atoms with Crippen molar-refractivity contribution >= 4 is 0 Å². The van der Waals surface area contributed by atoms with Gasteiger partial charge in [0.2, 0.25) is 5.60 Å². The fraction of sp³-hybridized carbons (Fsp3) is 0.583. The molecule has 0 spiro atoms. The van der Waals surface area contributed by atoms with Crippen LogP contribution >= 0.6 is 0 Å². The third kappa shape index (κ3) is 0.925. The molecule has 2 fully saturated rings. The van der Waals surface area contributed by atoms with Crippen molar-refractivity contribution in [3.63, 3.8) is 0 Å². The van der Waals surface area contributed by atoms with Crippen LogP contribution in [0.2, 0.25) is 0 Å². The van der Waals surface area contributed by atoms with Gasteiger partial charge in [-0.05, 0) is 4.85 Å².